The summed E-state index contributed by atoms with van der Waals surface area (Å²) in [5.41, 5.74) is 2.84. The molecule has 0 aliphatic rings. The Morgan fingerprint density at radius 3 is 3.17 bits per heavy atom. The Morgan fingerprint density at radius 2 is 2.42 bits per heavy atom. The normalized spacial score (nSPS) is 10.0. The minimum absolute atomic E-state index is 0.713. The number of fused-ring (bicyclic) bond motifs is 1. The van der Waals surface area contributed by atoms with Gasteiger partial charge in [0.25, 0.3) is 0 Å². The Hall–Kier alpha value is -1.75. The van der Waals surface area contributed by atoms with Crippen molar-refractivity contribution in [3.63, 3.8) is 0 Å². The Morgan fingerprint density at radius 1 is 1.58 bits per heavy atom. The number of hydrogen-bond donors (Lipinski definition) is 1. The van der Waals surface area contributed by atoms with Crippen LogP contribution in [0.4, 0.5) is 0 Å². The molecule has 0 aromatic carbocycles. The molecule has 1 N–H and O–H groups in total. The molecule has 0 radical (unpaired) electrons. The highest BCUT2D eigenvalue weighted by molar-refractivity contribution is 5.82. The summed E-state index contributed by atoms with van der Waals surface area (Å²) in [5, 5.41) is 1.10. The number of rotatable bonds is 0. The summed E-state index contributed by atoms with van der Waals surface area (Å²) in [7, 11) is 0. The molecular weight excluding hydrogens is 148 g/mol. The number of aryl methyl sites for hydroxylation is 1. The number of nitrogens with zero attached hydrogens (tertiary/aromatic N) is 1. The van der Waals surface area contributed by atoms with Gasteiger partial charge in [0.15, 0.2) is 0 Å². The van der Waals surface area contributed by atoms with Crippen LogP contribution in [-0.4, -0.2) is 9.97 Å². The zero-order valence-corrected chi connectivity index (χ0v) is 6.76. The largest absolute Gasteiger partial charge is 0.361 e. The summed E-state index contributed by atoms with van der Waals surface area (Å²) in [6, 6.07) is 1.98. The third-order valence-corrected chi connectivity index (χ3v) is 1.98. The second kappa shape index (κ2) is 2.38. The molecule has 0 saturated carbocycles. The number of hydrogen-bond acceptors (Lipinski definition) is 1. The zero-order valence-electron chi connectivity index (χ0n) is 6.76. The van der Waals surface area contributed by atoms with Crippen LogP contribution in [0.25, 0.3) is 10.9 Å². The number of nitrogens with one attached hydrogen (secondary N) is 1. The predicted molar refractivity (Wildman–Crippen MR) is 48.8 cm³/mol. The van der Waals surface area contributed by atoms with Crippen LogP contribution in [-0.2, 0) is 0 Å². The quantitative estimate of drug-likeness (QED) is 0.579. The first kappa shape index (κ1) is 6.93. The van der Waals surface area contributed by atoms with Crippen LogP contribution < -0.4 is 0 Å². The molecule has 2 aromatic rings. The van der Waals surface area contributed by atoms with Gasteiger partial charge >= 0.3 is 0 Å². The van der Waals surface area contributed by atoms with Gasteiger partial charge < -0.3 is 4.98 Å². The summed E-state index contributed by atoms with van der Waals surface area (Å²) in [6.45, 7) is 1.97. The van der Waals surface area contributed by atoms with E-state index in [0.717, 1.165) is 16.5 Å². The van der Waals surface area contributed by atoms with Gasteiger partial charge in [-0.1, -0.05) is 0 Å². The van der Waals surface area contributed by atoms with E-state index in [1.165, 1.54) is 0 Å². The third kappa shape index (κ3) is 0.802. The molecule has 0 saturated heterocycles. The Balaban J connectivity index is 2.89. The summed E-state index contributed by atoms with van der Waals surface area (Å²) in [5.74, 6) is 2.55. The van der Waals surface area contributed by atoms with Gasteiger partial charge in [0.2, 0.25) is 0 Å². The molecule has 0 bridgehead atoms. The maximum atomic E-state index is 5.28. The third-order valence-electron chi connectivity index (χ3n) is 1.98. The van der Waals surface area contributed by atoms with E-state index in [9.17, 15) is 0 Å². The lowest BCUT2D eigenvalue weighted by molar-refractivity contribution is 1.25. The smallest absolute Gasteiger partial charge is 0.117 e. The van der Waals surface area contributed by atoms with Crippen LogP contribution >= 0.6 is 0 Å². The van der Waals surface area contributed by atoms with Crippen LogP contribution in [0.2, 0.25) is 0 Å². The Labute approximate surface area is 70.6 Å². The van der Waals surface area contributed by atoms with Crippen molar-refractivity contribution in [3.8, 4) is 12.3 Å². The van der Waals surface area contributed by atoms with Gasteiger partial charge in [-0.2, -0.15) is 0 Å². The van der Waals surface area contributed by atoms with Crippen molar-refractivity contribution in [1.82, 2.24) is 9.97 Å². The number of pyridine rings is 1. The monoisotopic (exact) mass is 156 g/mol. The first-order chi connectivity index (χ1) is 5.83. The standard InChI is InChI=1S/C10H8N2/c1-3-9-7(2)10-8(6-12-9)4-5-11-10/h1,4-6,11H,2H3. The lowest BCUT2D eigenvalue weighted by Crippen LogP contribution is -1.87. The fourth-order valence-corrected chi connectivity index (χ4v) is 1.31. The van der Waals surface area contributed by atoms with Crippen LogP contribution in [0.3, 0.4) is 0 Å². The maximum Gasteiger partial charge on any atom is 0.117 e. The molecule has 0 unspecified atom stereocenters. The summed E-state index contributed by atoms with van der Waals surface area (Å²) >= 11 is 0. The minimum Gasteiger partial charge on any atom is -0.361 e. The lowest BCUT2D eigenvalue weighted by Gasteiger charge is -1.97. The first-order valence-corrected chi connectivity index (χ1v) is 3.72. The van der Waals surface area contributed by atoms with Gasteiger partial charge in [0, 0.05) is 23.3 Å². The summed E-state index contributed by atoms with van der Waals surface area (Å²) in [6.07, 6.45) is 8.96. The SMILES string of the molecule is C#Cc1ncc2cc[nH]c2c1C. The summed E-state index contributed by atoms with van der Waals surface area (Å²) in [4.78, 5) is 7.27. The van der Waals surface area contributed by atoms with Crippen LogP contribution in [0.5, 0.6) is 0 Å². The van der Waals surface area contributed by atoms with Crippen molar-refractivity contribution in [1.29, 1.82) is 0 Å². The maximum absolute atomic E-state index is 5.28. The van der Waals surface area contributed by atoms with Crippen LogP contribution in [0.1, 0.15) is 11.3 Å². The van der Waals surface area contributed by atoms with E-state index >= 15 is 0 Å². The molecule has 0 aliphatic heterocycles. The van der Waals surface area contributed by atoms with E-state index in [2.05, 4.69) is 15.9 Å². The minimum atomic E-state index is 0.713. The average molecular weight is 156 g/mol. The fraction of sp³-hybridized carbons (Fsp3) is 0.100. The average Bonchev–Trinajstić information content (AvgIpc) is 2.53. The number of terminal acetylenes is 1. The van der Waals surface area contributed by atoms with E-state index in [4.69, 9.17) is 6.42 Å². The molecule has 12 heavy (non-hydrogen) atoms. The molecule has 2 heteroatoms. The Kier molecular flexibility index (Phi) is 1.38. The molecule has 0 aliphatic carbocycles. The second-order valence-corrected chi connectivity index (χ2v) is 2.68. The van der Waals surface area contributed by atoms with E-state index in [-0.39, 0.29) is 0 Å². The lowest BCUT2D eigenvalue weighted by atomic mass is 10.2. The number of aromatic nitrogens is 2. The van der Waals surface area contributed by atoms with Crippen molar-refractivity contribution in [3.05, 3.63) is 29.7 Å². The fourth-order valence-electron chi connectivity index (χ4n) is 1.31. The highest BCUT2D eigenvalue weighted by Crippen LogP contribution is 2.16. The van der Waals surface area contributed by atoms with Gasteiger partial charge in [-0.3, -0.25) is 0 Å². The molecule has 2 aromatic heterocycles. The van der Waals surface area contributed by atoms with Crippen LogP contribution in [0.15, 0.2) is 18.5 Å². The molecule has 2 rings (SSSR count). The van der Waals surface area contributed by atoms with Gasteiger partial charge in [0.05, 0.1) is 5.52 Å². The highest BCUT2D eigenvalue weighted by atomic mass is 14.7. The van der Waals surface area contributed by atoms with E-state index < -0.39 is 0 Å². The zero-order chi connectivity index (χ0) is 8.55. The molecule has 58 valence electrons. The van der Waals surface area contributed by atoms with Gasteiger partial charge in [-0.05, 0) is 18.9 Å². The van der Waals surface area contributed by atoms with Gasteiger partial charge in [-0.25, -0.2) is 4.98 Å². The molecule has 2 nitrogen and oxygen atoms in total. The summed E-state index contributed by atoms with van der Waals surface area (Å²) < 4.78 is 0. The van der Waals surface area contributed by atoms with Crippen molar-refractivity contribution < 1.29 is 0 Å². The van der Waals surface area contributed by atoms with Crippen LogP contribution in [0, 0.1) is 19.3 Å². The molecule has 0 amide bonds. The number of aromatic amines is 1. The van der Waals surface area contributed by atoms with E-state index in [0.29, 0.717) is 5.69 Å². The molecule has 0 spiro atoms. The van der Waals surface area contributed by atoms with E-state index in [1.807, 2.05) is 19.2 Å². The van der Waals surface area contributed by atoms with Crippen molar-refractivity contribution in [2.45, 2.75) is 6.92 Å². The molecule has 0 fully saturated rings. The first-order valence-electron chi connectivity index (χ1n) is 3.72. The van der Waals surface area contributed by atoms with Gasteiger partial charge in [0.1, 0.15) is 5.69 Å². The molecular formula is C10H8N2. The van der Waals surface area contributed by atoms with Gasteiger partial charge in [-0.15, -0.1) is 6.42 Å². The van der Waals surface area contributed by atoms with E-state index in [1.54, 1.807) is 6.20 Å². The predicted octanol–water partition coefficient (Wildman–Crippen LogP) is 1.85. The van der Waals surface area contributed by atoms with Crippen molar-refractivity contribution in [2.75, 3.05) is 0 Å². The second-order valence-electron chi connectivity index (χ2n) is 2.68. The van der Waals surface area contributed by atoms with Crippen molar-refractivity contribution >= 4 is 10.9 Å². The molecule has 2 heterocycles. The molecule has 0 atom stereocenters. The highest BCUT2D eigenvalue weighted by Gasteiger charge is 2.02. The van der Waals surface area contributed by atoms with Crippen molar-refractivity contribution in [2.24, 2.45) is 0 Å². The number of H-pyrrole nitrogens is 1. The Bertz CT molecular complexity index is 460. The topological polar surface area (TPSA) is 28.7 Å².